The second-order valence-corrected chi connectivity index (χ2v) is 8.43. The van der Waals surface area contributed by atoms with Gasteiger partial charge in [0.15, 0.2) is 0 Å². The minimum Gasteiger partial charge on any atom is -0.303 e. The smallest absolute Gasteiger partial charge is 0.259 e. The van der Waals surface area contributed by atoms with E-state index in [-0.39, 0.29) is 5.91 Å². The molecule has 0 atom stereocenters. The molecule has 2 aromatic carbocycles. The molecule has 5 rings (SSSR count). The number of nitrogens with zero attached hydrogens (tertiary/aromatic N) is 1. The summed E-state index contributed by atoms with van der Waals surface area (Å²) in [6.07, 6.45) is 2.08. The number of carbonyl (C=O) groups is 1. The Morgan fingerprint density at radius 3 is 2.29 bits per heavy atom. The van der Waals surface area contributed by atoms with Crippen molar-refractivity contribution in [3.8, 4) is 11.1 Å². The van der Waals surface area contributed by atoms with E-state index in [2.05, 4.69) is 69.3 Å². The predicted octanol–water partition coefficient (Wildman–Crippen LogP) is 6.80. The number of benzene rings is 2. The molecule has 0 N–H and O–H groups in total. The highest BCUT2D eigenvalue weighted by Gasteiger charge is 2.32. The molecule has 0 saturated carbocycles. The van der Waals surface area contributed by atoms with Crippen LogP contribution in [0.2, 0.25) is 0 Å². The van der Waals surface area contributed by atoms with Crippen LogP contribution < -0.4 is 4.90 Å². The Labute approximate surface area is 183 Å². The van der Waals surface area contributed by atoms with Crippen LogP contribution in [0.4, 0.5) is 5.69 Å². The molecular weight excluding hydrogens is 378 g/mol. The lowest BCUT2D eigenvalue weighted by atomic mass is 9.98. The van der Waals surface area contributed by atoms with Crippen LogP contribution in [0.5, 0.6) is 0 Å². The lowest BCUT2D eigenvalue weighted by molar-refractivity contribution is -0.113. The van der Waals surface area contributed by atoms with E-state index in [4.69, 9.17) is 0 Å². The topological polar surface area (TPSA) is 20.3 Å². The molecule has 2 aromatic rings. The quantitative estimate of drug-likeness (QED) is 0.344. The highest BCUT2D eigenvalue weighted by atomic mass is 16.2. The first-order valence-electron chi connectivity index (χ1n) is 10.7. The number of para-hydroxylation sites is 1. The third-order valence-electron chi connectivity index (χ3n) is 6.14. The van der Waals surface area contributed by atoms with Gasteiger partial charge in [-0.2, -0.15) is 0 Å². The zero-order chi connectivity index (χ0) is 21.5. The molecule has 2 aliphatic carbocycles. The van der Waals surface area contributed by atoms with Gasteiger partial charge in [0.25, 0.3) is 5.91 Å². The van der Waals surface area contributed by atoms with Crippen molar-refractivity contribution in [3.63, 3.8) is 0 Å². The summed E-state index contributed by atoms with van der Waals surface area (Å²) in [5.41, 5.74) is 11.2. The van der Waals surface area contributed by atoms with Crippen LogP contribution in [0, 0.1) is 20.8 Å². The van der Waals surface area contributed by atoms with E-state index in [0.717, 1.165) is 28.0 Å². The van der Waals surface area contributed by atoms with Crippen LogP contribution in [0.25, 0.3) is 22.8 Å². The van der Waals surface area contributed by atoms with Gasteiger partial charge in [-0.1, -0.05) is 78.4 Å². The van der Waals surface area contributed by atoms with Gasteiger partial charge >= 0.3 is 0 Å². The standard InChI is InChI=1S/C29H25NO/c1-19-15-20(2)24-14-13-23(28(24)21(3)16-19)17-26-25-11-7-8-12-27(25)30(29(26)31)18-22-9-5-4-6-10-22/h4-17H,18H2,1-3H3/b26-17+. The molecule has 0 saturated heterocycles. The Morgan fingerprint density at radius 1 is 0.774 bits per heavy atom. The van der Waals surface area contributed by atoms with Crippen molar-refractivity contribution in [2.75, 3.05) is 4.90 Å². The summed E-state index contributed by atoms with van der Waals surface area (Å²) >= 11 is 0. The fourth-order valence-electron chi connectivity index (χ4n) is 4.78. The van der Waals surface area contributed by atoms with Crippen LogP contribution >= 0.6 is 0 Å². The minimum atomic E-state index is 0.0604. The molecular formula is C29H25NO. The van der Waals surface area contributed by atoms with Crippen molar-refractivity contribution in [3.05, 3.63) is 112 Å². The number of fused-ring (bicyclic) bond motifs is 2. The average Bonchev–Trinajstić information content (AvgIpc) is 3.26. The maximum Gasteiger partial charge on any atom is 0.259 e. The maximum atomic E-state index is 13.6. The molecule has 0 unspecified atom stereocenters. The Bertz CT molecular complexity index is 1300. The Hall–Kier alpha value is -3.65. The van der Waals surface area contributed by atoms with Crippen LogP contribution in [0.15, 0.2) is 78.9 Å². The van der Waals surface area contributed by atoms with Gasteiger partial charge in [0.05, 0.1) is 12.2 Å². The van der Waals surface area contributed by atoms with Crippen LogP contribution in [-0.2, 0) is 11.3 Å². The van der Waals surface area contributed by atoms with Gasteiger partial charge in [-0.25, -0.2) is 0 Å². The van der Waals surface area contributed by atoms with E-state index < -0.39 is 0 Å². The van der Waals surface area contributed by atoms with Gasteiger partial charge < -0.3 is 4.90 Å². The maximum absolute atomic E-state index is 13.6. The number of hydrogen-bond acceptors (Lipinski definition) is 1. The number of rotatable bonds is 3. The highest BCUT2D eigenvalue weighted by Crippen LogP contribution is 2.41. The first-order chi connectivity index (χ1) is 15.0. The van der Waals surface area contributed by atoms with Gasteiger partial charge in [0.2, 0.25) is 0 Å². The summed E-state index contributed by atoms with van der Waals surface area (Å²) in [6, 6.07) is 27.0. The van der Waals surface area contributed by atoms with Gasteiger partial charge in [0.1, 0.15) is 0 Å². The van der Waals surface area contributed by atoms with Crippen molar-refractivity contribution in [1.29, 1.82) is 0 Å². The SMILES string of the molecule is Cc1cc(C)c2ccc(/C=C3/C(=O)N(Cc4ccccc4)c4ccccc43)c-2c(C)c1. The van der Waals surface area contributed by atoms with Crippen molar-refractivity contribution in [1.82, 2.24) is 0 Å². The number of carbonyl (C=O) groups excluding carboxylic acids is 1. The zero-order valence-electron chi connectivity index (χ0n) is 18.1. The zero-order valence-corrected chi connectivity index (χ0v) is 18.1. The molecule has 3 aliphatic rings. The third-order valence-corrected chi connectivity index (χ3v) is 6.14. The van der Waals surface area contributed by atoms with E-state index in [1.165, 1.54) is 27.8 Å². The Kier molecular flexibility index (Phi) is 4.71. The Morgan fingerprint density at radius 2 is 1.48 bits per heavy atom. The average molecular weight is 404 g/mol. The fraction of sp³-hybridized carbons (Fsp3) is 0.138. The molecule has 1 heterocycles. The van der Waals surface area contributed by atoms with E-state index >= 15 is 0 Å². The van der Waals surface area contributed by atoms with Crippen LogP contribution in [0.1, 0.15) is 33.4 Å². The third kappa shape index (κ3) is 3.34. The molecule has 2 heteroatoms. The molecule has 0 spiro atoms. The lowest BCUT2D eigenvalue weighted by Crippen LogP contribution is -2.25. The summed E-state index contributed by atoms with van der Waals surface area (Å²) in [4.78, 5) is 15.4. The van der Waals surface area contributed by atoms with Crippen molar-refractivity contribution in [2.45, 2.75) is 27.3 Å². The summed E-state index contributed by atoms with van der Waals surface area (Å²) in [5, 5.41) is 0. The van der Waals surface area contributed by atoms with Gasteiger partial charge in [-0.3, -0.25) is 4.79 Å². The number of hydrogen-bond donors (Lipinski definition) is 0. The summed E-state index contributed by atoms with van der Waals surface area (Å²) < 4.78 is 0. The second-order valence-electron chi connectivity index (χ2n) is 8.43. The summed E-state index contributed by atoms with van der Waals surface area (Å²) in [6.45, 7) is 7.02. The highest BCUT2D eigenvalue weighted by molar-refractivity contribution is 6.36. The van der Waals surface area contributed by atoms with Gasteiger partial charge in [-0.15, -0.1) is 0 Å². The normalized spacial score (nSPS) is 14.5. The molecule has 2 nitrogen and oxygen atoms in total. The molecule has 0 fully saturated rings. The molecule has 152 valence electrons. The summed E-state index contributed by atoms with van der Waals surface area (Å²) in [5.74, 6) is 0.0604. The molecule has 1 amide bonds. The van der Waals surface area contributed by atoms with Crippen LogP contribution in [0.3, 0.4) is 0 Å². The minimum absolute atomic E-state index is 0.0604. The van der Waals surface area contributed by atoms with Crippen molar-refractivity contribution in [2.24, 2.45) is 0 Å². The monoisotopic (exact) mass is 403 g/mol. The van der Waals surface area contributed by atoms with E-state index in [1.807, 2.05) is 41.3 Å². The van der Waals surface area contributed by atoms with Crippen molar-refractivity contribution < 1.29 is 4.79 Å². The van der Waals surface area contributed by atoms with E-state index in [9.17, 15) is 4.79 Å². The fourth-order valence-corrected chi connectivity index (χ4v) is 4.78. The van der Waals surface area contributed by atoms with E-state index in [0.29, 0.717) is 6.54 Å². The molecule has 1 aliphatic heterocycles. The number of aryl methyl sites for hydroxylation is 3. The number of anilines is 1. The molecule has 31 heavy (non-hydrogen) atoms. The van der Waals surface area contributed by atoms with Crippen molar-refractivity contribution >= 4 is 23.2 Å². The van der Waals surface area contributed by atoms with Gasteiger partial charge in [-0.05, 0) is 66.3 Å². The van der Waals surface area contributed by atoms with Crippen LogP contribution in [-0.4, -0.2) is 5.91 Å². The lowest BCUT2D eigenvalue weighted by Gasteiger charge is -2.17. The first-order valence-corrected chi connectivity index (χ1v) is 10.7. The molecule has 0 radical (unpaired) electrons. The van der Waals surface area contributed by atoms with E-state index in [1.54, 1.807) is 0 Å². The predicted molar refractivity (Wildman–Crippen MR) is 129 cm³/mol. The first kappa shape index (κ1) is 19.3. The Balaban J connectivity index is 1.63. The molecule has 0 bridgehead atoms. The largest absolute Gasteiger partial charge is 0.303 e. The van der Waals surface area contributed by atoms with Gasteiger partial charge in [0, 0.05) is 11.1 Å². The molecule has 0 aromatic heterocycles. The second kappa shape index (κ2) is 7.55. The number of amides is 1. The summed E-state index contributed by atoms with van der Waals surface area (Å²) in [7, 11) is 0.